The summed E-state index contributed by atoms with van der Waals surface area (Å²) in [6.45, 7) is 0. The van der Waals surface area contributed by atoms with E-state index in [9.17, 15) is 9.18 Å². The molecule has 0 aliphatic carbocycles. The second kappa shape index (κ2) is 8.62. The summed E-state index contributed by atoms with van der Waals surface area (Å²) in [5, 5.41) is 6.03. The van der Waals surface area contributed by atoms with E-state index < -0.39 is 5.82 Å². The van der Waals surface area contributed by atoms with Crippen LogP contribution in [-0.4, -0.2) is 11.1 Å². The molecule has 4 nitrogen and oxygen atoms in total. The van der Waals surface area contributed by atoms with Crippen molar-refractivity contribution in [3.8, 4) is 5.75 Å². The molecule has 0 aromatic heterocycles. The Balaban J connectivity index is 1.59. The van der Waals surface area contributed by atoms with Crippen molar-refractivity contribution in [2.75, 3.05) is 10.6 Å². The number of hydrogen-bond donors (Lipinski definition) is 2. The molecule has 1 amide bonds. The maximum atomic E-state index is 13.6. The van der Waals surface area contributed by atoms with Crippen LogP contribution < -0.4 is 15.4 Å². The maximum absolute atomic E-state index is 13.6. The SMILES string of the molecule is O=C(Nc1ccc(Cl)cc1)c1ccc(OC(=S)Nc2ccccc2F)cc1. The van der Waals surface area contributed by atoms with Gasteiger partial charge in [0, 0.05) is 16.3 Å². The molecule has 0 fully saturated rings. The molecule has 0 saturated heterocycles. The predicted octanol–water partition coefficient (Wildman–Crippen LogP) is 5.51. The van der Waals surface area contributed by atoms with Gasteiger partial charge in [-0.05, 0) is 72.9 Å². The zero-order chi connectivity index (χ0) is 19.2. The maximum Gasteiger partial charge on any atom is 0.266 e. The Morgan fingerprint density at radius 2 is 1.59 bits per heavy atom. The number of nitrogens with one attached hydrogen (secondary N) is 2. The molecular weight excluding hydrogens is 387 g/mol. The normalized spacial score (nSPS) is 10.1. The highest BCUT2D eigenvalue weighted by Crippen LogP contribution is 2.18. The van der Waals surface area contributed by atoms with E-state index in [4.69, 9.17) is 28.6 Å². The number of amides is 1. The molecule has 0 atom stereocenters. The fraction of sp³-hybridized carbons (Fsp3) is 0. The van der Waals surface area contributed by atoms with Gasteiger partial charge in [-0.15, -0.1) is 0 Å². The van der Waals surface area contributed by atoms with E-state index in [-0.39, 0.29) is 16.8 Å². The van der Waals surface area contributed by atoms with Crippen molar-refractivity contribution in [2.45, 2.75) is 0 Å². The summed E-state index contributed by atoms with van der Waals surface area (Å²) in [6.07, 6.45) is 0. The lowest BCUT2D eigenvalue weighted by Gasteiger charge is -2.10. The lowest BCUT2D eigenvalue weighted by molar-refractivity contribution is 0.102. The Hall–Kier alpha value is -2.96. The summed E-state index contributed by atoms with van der Waals surface area (Å²) in [5.41, 5.74) is 1.31. The first kappa shape index (κ1) is 18.8. The second-order valence-electron chi connectivity index (χ2n) is 5.48. The lowest BCUT2D eigenvalue weighted by atomic mass is 10.2. The quantitative estimate of drug-likeness (QED) is 0.567. The number of anilines is 2. The van der Waals surface area contributed by atoms with Crippen LogP contribution in [0, 0.1) is 5.82 Å². The summed E-state index contributed by atoms with van der Waals surface area (Å²) in [6, 6.07) is 19.4. The highest BCUT2D eigenvalue weighted by atomic mass is 35.5. The molecule has 0 spiro atoms. The number of para-hydroxylation sites is 1. The number of rotatable bonds is 4. The summed E-state index contributed by atoms with van der Waals surface area (Å²) < 4.78 is 19.0. The van der Waals surface area contributed by atoms with E-state index >= 15 is 0 Å². The molecule has 0 saturated carbocycles. The third-order valence-corrected chi connectivity index (χ3v) is 3.98. The average Bonchev–Trinajstić information content (AvgIpc) is 2.66. The van der Waals surface area contributed by atoms with E-state index in [1.165, 1.54) is 6.07 Å². The first-order valence-corrected chi connectivity index (χ1v) is 8.70. The molecule has 3 rings (SSSR count). The Morgan fingerprint density at radius 1 is 0.926 bits per heavy atom. The molecule has 7 heteroatoms. The molecule has 0 aliphatic heterocycles. The predicted molar refractivity (Wildman–Crippen MR) is 109 cm³/mol. The van der Waals surface area contributed by atoms with Crippen LogP contribution in [0.15, 0.2) is 72.8 Å². The fourth-order valence-corrected chi connectivity index (χ4v) is 2.55. The molecular formula is C20H14ClFN2O2S. The lowest BCUT2D eigenvalue weighted by Crippen LogP contribution is -2.17. The van der Waals surface area contributed by atoms with Crippen LogP contribution in [0.25, 0.3) is 0 Å². The van der Waals surface area contributed by atoms with Crippen molar-refractivity contribution < 1.29 is 13.9 Å². The van der Waals surface area contributed by atoms with Crippen LogP contribution in [0.4, 0.5) is 15.8 Å². The third kappa shape index (κ3) is 5.26. The Kier molecular flexibility index (Phi) is 6.01. The number of benzene rings is 3. The third-order valence-electron chi connectivity index (χ3n) is 3.54. The second-order valence-corrected chi connectivity index (χ2v) is 6.29. The molecule has 136 valence electrons. The first-order chi connectivity index (χ1) is 13.0. The number of hydrogen-bond acceptors (Lipinski definition) is 3. The molecule has 0 bridgehead atoms. The van der Waals surface area contributed by atoms with Gasteiger partial charge in [0.15, 0.2) is 0 Å². The number of thiocarbonyl (C=S) groups is 1. The van der Waals surface area contributed by atoms with Gasteiger partial charge in [-0.3, -0.25) is 4.79 Å². The van der Waals surface area contributed by atoms with Crippen LogP contribution in [0.2, 0.25) is 5.02 Å². The highest BCUT2D eigenvalue weighted by molar-refractivity contribution is 7.80. The topological polar surface area (TPSA) is 50.4 Å². The Bertz CT molecular complexity index is 962. The zero-order valence-electron chi connectivity index (χ0n) is 13.9. The van der Waals surface area contributed by atoms with E-state index in [1.807, 2.05) is 0 Å². The van der Waals surface area contributed by atoms with Crippen molar-refractivity contribution in [2.24, 2.45) is 0 Å². The zero-order valence-corrected chi connectivity index (χ0v) is 15.5. The van der Waals surface area contributed by atoms with Gasteiger partial charge in [0.1, 0.15) is 11.6 Å². The van der Waals surface area contributed by atoms with Gasteiger partial charge in [0.2, 0.25) is 0 Å². The van der Waals surface area contributed by atoms with Crippen LogP contribution in [-0.2, 0) is 0 Å². The molecule has 0 heterocycles. The number of carbonyl (C=O) groups is 1. The monoisotopic (exact) mass is 400 g/mol. The van der Waals surface area contributed by atoms with E-state index in [1.54, 1.807) is 66.7 Å². The molecule has 0 radical (unpaired) electrons. The fourth-order valence-electron chi connectivity index (χ4n) is 2.22. The Morgan fingerprint density at radius 3 is 2.26 bits per heavy atom. The van der Waals surface area contributed by atoms with Crippen molar-refractivity contribution >= 4 is 46.3 Å². The van der Waals surface area contributed by atoms with Gasteiger partial charge in [-0.2, -0.15) is 0 Å². The minimum atomic E-state index is -0.433. The summed E-state index contributed by atoms with van der Waals surface area (Å²) >= 11 is 10.9. The molecule has 2 N–H and O–H groups in total. The number of carbonyl (C=O) groups excluding carboxylic acids is 1. The molecule has 3 aromatic rings. The van der Waals surface area contributed by atoms with E-state index in [0.717, 1.165) is 0 Å². The van der Waals surface area contributed by atoms with Crippen molar-refractivity contribution in [3.05, 3.63) is 89.2 Å². The summed E-state index contributed by atoms with van der Waals surface area (Å²) in [4.78, 5) is 12.2. The Labute approximate surface area is 165 Å². The molecule has 27 heavy (non-hydrogen) atoms. The largest absolute Gasteiger partial charge is 0.432 e. The molecule has 3 aromatic carbocycles. The molecule has 0 aliphatic rings. The molecule has 0 unspecified atom stereocenters. The minimum Gasteiger partial charge on any atom is -0.432 e. The summed E-state index contributed by atoms with van der Waals surface area (Å²) in [5.74, 6) is -0.277. The summed E-state index contributed by atoms with van der Waals surface area (Å²) in [7, 11) is 0. The van der Waals surface area contributed by atoms with Crippen LogP contribution in [0.3, 0.4) is 0 Å². The van der Waals surface area contributed by atoms with Crippen molar-refractivity contribution in [1.82, 2.24) is 0 Å². The van der Waals surface area contributed by atoms with E-state index in [0.29, 0.717) is 22.0 Å². The smallest absolute Gasteiger partial charge is 0.266 e. The first-order valence-electron chi connectivity index (χ1n) is 7.91. The van der Waals surface area contributed by atoms with Gasteiger partial charge in [0.25, 0.3) is 11.1 Å². The minimum absolute atomic E-state index is 0.00142. The van der Waals surface area contributed by atoms with Crippen LogP contribution in [0.1, 0.15) is 10.4 Å². The van der Waals surface area contributed by atoms with Gasteiger partial charge in [-0.1, -0.05) is 23.7 Å². The van der Waals surface area contributed by atoms with Crippen LogP contribution in [0.5, 0.6) is 5.75 Å². The average molecular weight is 401 g/mol. The van der Waals surface area contributed by atoms with E-state index in [2.05, 4.69) is 10.6 Å². The van der Waals surface area contributed by atoms with Gasteiger partial charge in [-0.25, -0.2) is 4.39 Å². The highest BCUT2D eigenvalue weighted by Gasteiger charge is 2.08. The van der Waals surface area contributed by atoms with Gasteiger partial charge in [0.05, 0.1) is 5.69 Å². The van der Waals surface area contributed by atoms with Crippen LogP contribution >= 0.6 is 23.8 Å². The number of ether oxygens (including phenoxy) is 1. The number of halogens is 2. The standard InChI is InChI=1S/C20H14ClFN2O2S/c21-14-7-9-15(10-8-14)23-19(25)13-5-11-16(12-6-13)26-20(27)24-18-4-2-1-3-17(18)22/h1-12H,(H,23,25)(H,24,27). The van der Waals surface area contributed by atoms with Gasteiger partial charge < -0.3 is 15.4 Å². The van der Waals surface area contributed by atoms with Gasteiger partial charge >= 0.3 is 0 Å². The van der Waals surface area contributed by atoms with Crippen molar-refractivity contribution in [3.63, 3.8) is 0 Å². The van der Waals surface area contributed by atoms with Crippen molar-refractivity contribution in [1.29, 1.82) is 0 Å².